The smallest absolute Gasteiger partial charge is 0.228 e. The molecule has 1 unspecified atom stereocenters. The predicted octanol–water partition coefficient (Wildman–Crippen LogP) is 2.70. The van der Waals surface area contributed by atoms with Crippen molar-refractivity contribution < 1.29 is 9.59 Å². The highest BCUT2D eigenvalue weighted by atomic mass is 16.1. The van der Waals surface area contributed by atoms with E-state index in [-0.39, 0.29) is 17.6 Å². The minimum atomic E-state index is -0.0192. The molecule has 0 saturated heterocycles. The summed E-state index contributed by atoms with van der Waals surface area (Å²) < 4.78 is 0. The lowest BCUT2D eigenvalue weighted by Crippen LogP contribution is -2.25. The fourth-order valence-corrected chi connectivity index (χ4v) is 3.08. The fourth-order valence-electron chi connectivity index (χ4n) is 3.08. The zero-order chi connectivity index (χ0) is 13.7. The van der Waals surface area contributed by atoms with E-state index >= 15 is 0 Å². The lowest BCUT2D eigenvalue weighted by molar-refractivity contribution is -0.115. The first kappa shape index (κ1) is 11.4. The molecule has 0 bridgehead atoms. The van der Waals surface area contributed by atoms with Gasteiger partial charge in [0.25, 0.3) is 0 Å². The van der Waals surface area contributed by atoms with Gasteiger partial charge in [0.05, 0.1) is 12.3 Å². The van der Waals surface area contributed by atoms with Gasteiger partial charge in [0.15, 0.2) is 5.78 Å². The second-order valence-corrected chi connectivity index (χ2v) is 5.42. The molecule has 1 aliphatic carbocycles. The molecule has 0 spiro atoms. The monoisotopic (exact) mass is 263 g/mol. The predicted molar refractivity (Wildman–Crippen MR) is 76.0 cm³/mol. The quantitative estimate of drug-likeness (QED) is 0.847. The molecule has 2 aliphatic rings. The van der Waals surface area contributed by atoms with Gasteiger partial charge < -0.3 is 5.32 Å². The van der Waals surface area contributed by atoms with Crippen LogP contribution in [0.4, 0.5) is 5.69 Å². The Labute approximate surface area is 116 Å². The highest BCUT2D eigenvalue weighted by Gasteiger charge is 2.32. The normalized spacial score (nSPS) is 18.8. The van der Waals surface area contributed by atoms with Gasteiger partial charge in [0.2, 0.25) is 5.91 Å². The van der Waals surface area contributed by atoms with Crippen LogP contribution in [0.1, 0.15) is 33.0 Å². The lowest BCUT2D eigenvalue weighted by atomic mass is 9.73. The third kappa shape index (κ3) is 1.59. The first-order valence-corrected chi connectivity index (χ1v) is 6.77. The minimum Gasteiger partial charge on any atom is -0.326 e. The van der Waals surface area contributed by atoms with E-state index in [2.05, 4.69) is 11.4 Å². The average Bonchev–Trinajstić information content (AvgIpc) is 2.79. The third-order valence-corrected chi connectivity index (χ3v) is 4.19. The molecule has 0 fully saturated rings. The summed E-state index contributed by atoms with van der Waals surface area (Å²) in [6, 6.07) is 13.6. The van der Waals surface area contributed by atoms with E-state index < -0.39 is 0 Å². The molecule has 1 N–H and O–H groups in total. The molecule has 3 nitrogen and oxygen atoms in total. The standard InChI is InChI=1S/C17H13NO2/c19-16-9-12-7-11(5-6-15(12)18-16)17(20)14-8-10-3-1-2-4-13(10)14/h1-7,14H,8-9H2,(H,18,19). The van der Waals surface area contributed by atoms with Gasteiger partial charge in [-0.25, -0.2) is 0 Å². The number of benzene rings is 2. The van der Waals surface area contributed by atoms with Crippen molar-refractivity contribution in [1.82, 2.24) is 0 Å². The number of carbonyl (C=O) groups is 2. The number of Topliss-reactive ketones (excluding diaryl/α,β-unsaturated/α-hetero) is 1. The molecule has 0 saturated carbocycles. The Balaban J connectivity index is 1.65. The molecule has 2 aromatic rings. The number of amides is 1. The number of anilines is 1. The average molecular weight is 263 g/mol. The highest BCUT2D eigenvalue weighted by molar-refractivity contribution is 6.05. The number of fused-ring (bicyclic) bond motifs is 2. The van der Waals surface area contributed by atoms with Crippen molar-refractivity contribution in [2.24, 2.45) is 0 Å². The van der Waals surface area contributed by atoms with Crippen LogP contribution < -0.4 is 5.32 Å². The summed E-state index contributed by atoms with van der Waals surface area (Å²) in [5, 5.41) is 2.79. The minimum absolute atomic E-state index is 0.00131. The number of hydrogen-bond acceptors (Lipinski definition) is 2. The van der Waals surface area contributed by atoms with E-state index in [9.17, 15) is 9.59 Å². The van der Waals surface area contributed by atoms with Crippen LogP contribution in [0.2, 0.25) is 0 Å². The van der Waals surface area contributed by atoms with Gasteiger partial charge in [0, 0.05) is 11.3 Å². The molecule has 0 radical (unpaired) electrons. The molecular weight excluding hydrogens is 250 g/mol. The maximum Gasteiger partial charge on any atom is 0.228 e. The van der Waals surface area contributed by atoms with Crippen LogP contribution in [0.15, 0.2) is 42.5 Å². The largest absolute Gasteiger partial charge is 0.326 e. The van der Waals surface area contributed by atoms with E-state index in [0.29, 0.717) is 12.0 Å². The van der Waals surface area contributed by atoms with Crippen LogP contribution in [0.3, 0.4) is 0 Å². The molecule has 98 valence electrons. The van der Waals surface area contributed by atoms with E-state index in [1.165, 1.54) is 5.56 Å². The van der Waals surface area contributed by atoms with Crippen LogP contribution in [-0.2, 0) is 17.6 Å². The van der Waals surface area contributed by atoms with Gasteiger partial charge in [-0.05, 0) is 41.3 Å². The Morgan fingerprint density at radius 3 is 2.80 bits per heavy atom. The van der Waals surface area contributed by atoms with Crippen LogP contribution in [0, 0.1) is 0 Å². The Bertz CT molecular complexity index is 748. The van der Waals surface area contributed by atoms with Gasteiger partial charge >= 0.3 is 0 Å². The summed E-state index contributed by atoms with van der Waals surface area (Å²) in [5.41, 5.74) is 4.88. The summed E-state index contributed by atoms with van der Waals surface area (Å²) in [4.78, 5) is 23.9. The first-order valence-electron chi connectivity index (χ1n) is 6.77. The van der Waals surface area contributed by atoms with E-state index in [0.717, 1.165) is 23.2 Å². The van der Waals surface area contributed by atoms with E-state index in [1.54, 1.807) is 0 Å². The van der Waals surface area contributed by atoms with Crippen molar-refractivity contribution in [3.05, 3.63) is 64.7 Å². The second kappa shape index (κ2) is 4.04. The Morgan fingerprint density at radius 2 is 1.95 bits per heavy atom. The number of hydrogen-bond donors (Lipinski definition) is 1. The maximum absolute atomic E-state index is 12.6. The summed E-state index contributed by atoms with van der Waals surface area (Å²) in [7, 11) is 0. The van der Waals surface area contributed by atoms with Gasteiger partial charge in [0.1, 0.15) is 0 Å². The third-order valence-electron chi connectivity index (χ3n) is 4.19. The number of rotatable bonds is 2. The Morgan fingerprint density at radius 1 is 1.10 bits per heavy atom. The number of nitrogens with one attached hydrogen (secondary N) is 1. The molecular formula is C17H13NO2. The highest BCUT2D eigenvalue weighted by Crippen LogP contribution is 2.37. The fraction of sp³-hybridized carbons (Fsp3) is 0.176. The molecule has 2 aromatic carbocycles. The summed E-state index contributed by atoms with van der Waals surface area (Å²) in [5.74, 6) is 0.138. The Hall–Kier alpha value is -2.42. The molecule has 0 aromatic heterocycles. The van der Waals surface area contributed by atoms with Crippen molar-refractivity contribution in [3.8, 4) is 0 Å². The molecule has 20 heavy (non-hydrogen) atoms. The molecule has 1 aliphatic heterocycles. The second-order valence-electron chi connectivity index (χ2n) is 5.42. The van der Waals surface area contributed by atoms with E-state index in [4.69, 9.17) is 0 Å². The van der Waals surface area contributed by atoms with Crippen molar-refractivity contribution in [2.75, 3.05) is 5.32 Å². The van der Waals surface area contributed by atoms with Gasteiger partial charge in [-0.1, -0.05) is 24.3 Å². The zero-order valence-corrected chi connectivity index (χ0v) is 10.8. The summed E-state index contributed by atoms with van der Waals surface area (Å²) in [6.07, 6.45) is 1.20. The Kier molecular flexibility index (Phi) is 2.30. The molecule has 1 atom stereocenters. The molecule has 4 rings (SSSR count). The zero-order valence-electron chi connectivity index (χ0n) is 10.8. The maximum atomic E-state index is 12.6. The number of ketones is 1. The van der Waals surface area contributed by atoms with Crippen LogP contribution in [-0.4, -0.2) is 11.7 Å². The van der Waals surface area contributed by atoms with Gasteiger partial charge in [-0.15, -0.1) is 0 Å². The summed E-state index contributed by atoms with van der Waals surface area (Å²) in [6.45, 7) is 0. The van der Waals surface area contributed by atoms with Crippen LogP contribution >= 0.6 is 0 Å². The SMILES string of the molecule is O=C1Cc2cc(C(=O)C3Cc4ccccc43)ccc2N1. The summed E-state index contributed by atoms with van der Waals surface area (Å²) >= 11 is 0. The molecule has 1 heterocycles. The molecule has 3 heteroatoms. The van der Waals surface area contributed by atoms with Crippen molar-refractivity contribution in [2.45, 2.75) is 18.8 Å². The topological polar surface area (TPSA) is 46.2 Å². The van der Waals surface area contributed by atoms with Crippen LogP contribution in [0.25, 0.3) is 0 Å². The van der Waals surface area contributed by atoms with Crippen molar-refractivity contribution in [1.29, 1.82) is 0 Å². The van der Waals surface area contributed by atoms with Crippen molar-refractivity contribution in [3.63, 3.8) is 0 Å². The van der Waals surface area contributed by atoms with E-state index in [1.807, 2.05) is 36.4 Å². The molecule has 1 amide bonds. The van der Waals surface area contributed by atoms with Crippen LogP contribution in [0.5, 0.6) is 0 Å². The lowest BCUT2D eigenvalue weighted by Gasteiger charge is -2.28. The van der Waals surface area contributed by atoms with Crippen molar-refractivity contribution >= 4 is 17.4 Å². The first-order chi connectivity index (χ1) is 9.72. The van der Waals surface area contributed by atoms with Gasteiger partial charge in [-0.2, -0.15) is 0 Å². The van der Waals surface area contributed by atoms with Gasteiger partial charge in [-0.3, -0.25) is 9.59 Å². The number of carbonyl (C=O) groups excluding carboxylic acids is 2.